The second kappa shape index (κ2) is 13.0. The summed E-state index contributed by atoms with van der Waals surface area (Å²) >= 11 is 0. The summed E-state index contributed by atoms with van der Waals surface area (Å²) < 4.78 is 16.9. The van der Waals surface area contributed by atoms with Crippen molar-refractivity contribution in [1.29, 1.82) is 0 Å². The van der Waals surface area contributed by atoms with Crippen molar-refractivity contribution in [3.8, 4) is 11.5 Å². The molecule has 148 valence electrons. The summed E-state index contributed by atoms with van der Waals surface area (Å²) in [4.78, 5) is 4.24. The molecule has 1 aliphatic rings. The van der Waals surface area contributed by atoms with Crippen molar-refractivity contribution in [3.63, 3.8) is 0 Å². The summed E-state index contributed by atoms with van der Waals surface area (Å²) in [7, 11) is 3.44. The maximum Gasteiger partial charge on any atom is 0.191 e. The quantitative estimate of drug-likeness (QED) is 0.247. The first-order valence-electron chi connectivity index (χ1n) is 9.12. The van der Waals surface area contributed by atoms with Crippen LogP contribution in [-0.2, 0) is 11.3 Å². The highest BCUT2D eigenvalue weighted by molar-refractivity contribution is 14.0. The van der Waals surface area contributed by atoms with Crippen molar-refractivity contribution >= 4 is 29.9 Å². The van der Waals surface area contributed by atoms with E-state index in [1.54, 1.807) is 14.2 Å². The van der Waals surface area contributed by atoms with Gasteiger partial charge in [0.25, 0.3) is 0 Å². The van der Waals surface area contributed by atoms with Crippen LogP contribution >= 0.6 is 24.0 Å². The van der Waals surface area contributed by atoms with Crippen LogP contribution in [0.15, 0.2) is 23.2 Å². The van der Waals surface area contributed by atoms with E-state index < -0.39 is 0 Å². The Labute approximate surface area is 174 Å². The van der Waals surface area contributed by atoms with Gasteiger partial charge in [0.15, 0.2) is 5.96 Å². The van der Waals surface area contributed by atoms with Crippen LogP contribution in [0.25, 0.3) is 0 Å². The highest BCUT2D eigenvalue weighted by Gasteiger charge is 2.18. The van der Waals surface area contributed by atoms with Gasteiger partial charge in [-0.1, -0.05) is 0 Å². The van der Waals surface area contributed by atoms with E-state index in [-0.39, 0.29) is 24.0 Å². The predicted molar refractivity (Wildman–Crippen MR) is 116 cm³/mol. The fourth-order valence-electron chi connectivity index (χ4n) is 2.89. The van der Waals surface area contributed by atoms with Gasteiger partial charge in [0.1, 0.15) is 11.5 Å². The summed E-state index contributed by atoms with van der Waals surface area (Å²) in [5.41, 5.74) is 1.10. The van der Waals surface area contributed by atoms with Gasteiger partial charge in [0.2, 0.25) is 0 Å². The molecule has 0 heterocycles. The molecule has 0 aliphatic heterocycles. The molecule has 0 spiro atoms. The topological polar surface area (TPSA) is 64.1 Å². The number of rotatable bonds is 9. The number of benzene rings is 1. The Morgan fingerprint density at radius 3 is 2.65 bits per heavy atom. The van der Waals surface area contributed by atoms with E-state index in [0.717, 1.165) is 49.0 Å². The first-order valence-corrected chi connectivity index (χ1v) is 9.12. The van der Waals surface area contributed by atoms with Crippen LogP contribution in [-0.4, -0.2) is 46.0 Å². The molecule has 1 aromatic rings. The molecule has 1 aromatic carbocycles. The Bertz CT molecular complexity index is 549. The number of hydrogen-bond acceptors (Lipinski definition) is 4. The smallest absolute Gasteiger partial charge is 0.191 e. The monoisotopic (exact) mass is 477 g/mol. The van der Waals surface area contributed by atoms with Crippen LogP contribution in [0.1, 0.15) is 38.2 Å². The Morgan fingerprint density at radius 2 is 2.00 bits per heavy atom. The summed E-state index contributed by atoms with van der Waals surface area (Å²) in [5, 5.41) is 6.57. The van der Waals surface area contributed by atoms with Crippen molar-refractivity contribution < 1.29 is 14.2 Å². The minimum Gasteiger partial charge on any atom is -0.497 e. The maximum atomic E-state index is 6.23. The van der Waals surface area contributed by atoms with Crippen molar-refractivity contribution in [1.82, 2.24) is 10.6 Å². The van der Waals surface area contributed by atoms with Gasteiger partial charge in [-0.05, 0) is 44.7 Å². The standard InChI is InChI=1S/C19H31N3O3.HI/c1-4-24-12-11-21-19(20-2)22-14-15-9-10-17(23-3)13-18(15)25-16-7-5-6-8-16;/h9-10,13,16H,4-8,11-12,14H2,1-3H3,(H2,20,21,22);1H. The number of hydrogen-bond donors (Lipinski definition) is 2. The third kappa shape index (κ3) is 7.57. The van der Waals surface area contributed by atoms with Crippen LogP contribution < -0.4 is 20.1 Å². The van der Waals surface area contributed by atoms with E-state index in [1.807, 2.05) is 25.1 Å². The summed E-state index contributed by atoms with van der Waals surface area (Å²) in [6.45, 7) is 4.74. The second-order valence-corrected chi connectivity index (χ2v) is 6.05. The van der Waals surface area contributed by atoms with Gasteiger partial charge in [-0.2, -0.15) is 0 Å². The number of guanidine groups is 1. The Balaban J connectivity index is 0.00000338. The molecule has 0 bridgehead atoms. The molecule has 6 nitrogen and oxygen atoms in total. The van der Waals surface area contributed by atoms with Crippen molar-refractivity contribution in [2.24, 2.45) is 4.99 Å². The molecular weight excluding hydrogens is 445 g/mol. The van der Waals surface area contributed by atoms with E-state index >= 15 is 0 Å². The average Bonchev–Trinajstić information content (AvgIpc) is 3.15. The largest absolute Gasteiger partial charge is 0.497 e. The molecule has 26 heavy (non-hydrogen) atoms. The number of ether oxygens (including phenoxy) is 3. The van der Waals surface area contributed by atoms with Gasteiger partial charge in [-0.25, -0.2) is 0 Å². The summed E-state index contributed by atoms with van der Waals surface area (Å²) in [6.07, 6.45) is 5.07. The van der Waals surface area contributed by atoms with Crippen LogP contribution in [0.4, 0.5) is 0 Å². The van der Waals surface area contributed by atoms with Crippen LogP contribution in [0.2, 0.25) is 0 Å². The number of aliphatic imine (C=N–C) groups is 1. The summed E-state index contributed by atoms with van der Waals surface area (Å²) in [5.74, 6) is 2.46. The van der Waals surface area contributed by atoms with Gasteiger partial charge in [-0.3, -0.25) is 4.99 Å². The highest BCUT2D eigenvalue weighted by atomic mass is 127. The molecule has 0 radical (unpaired) electrons. The minimum absolute atomic E-state index is 0. The minimum atomic E-state index is 0. The molecule has 0 amide bonds. The van der Waals surface area contributed by atoms with E-state index in [0.29, 0.717) is 19.3 Å². The molecular formula is C19H32IN3O3. The van der Waals surface area contributed by atoms with Crippen molar-refractivity contribution in [2.45, 2.75) is 45.3 Å². The predicted octanol–water partition coefficient (Wildman–Crippen LogP) is 3.34. The second-order valence-electron chi connectivity index (χ2n) is 6.05. The number of methoxy groups -OCH3 is 1. The van der Waals surface area contributed by atoms with E-state index in [1.165, 1.54) is 12.8 Å². The molecule has 0 unspecified atom stereocenters. The molecule has 0 saturated heterocycles. The molecule has 7 heteroatoms. The Morgan fingerprint density at radius 1 is 1.23 bits per heavy atom. The van der Waals surface area contributed by atoms with Gasteiger partial charge in [0.05, 0.1) is 19.8 Å². The molecule has 0 atom stereocenters. The maximum absolute atomic E-state index is 6.23. The zero-order valence-corrected chi connectivity index (χ0v) is 18.4. The van der Waals surface area contributed by atoms with Gasteiger partial charge in [-0.15, -0.1) is 24.0 Å². The van der Waals surface area contributed by atoms with Gasteiger partial charge >= 0.3 is 0 Å². The lowest BCUT2D eigenvalue weighted by Gasteiger charge is -2.18. The molecule has 2 N–H and O–H groups in total. The van der Waals surface area contributed by atoms with E-state index in [2.05, 4.69) is 15.6 Å². The zero-order chi connectivity index (χ0) is 17.9. The Kier molecular flexibility index (Phi) is 11.4. The third-order valence-corrected chi connectivity index (χ3v) is 4.28. The fraction of sp³-hybridized carbons (Fsp3) is 0.632. The number of nitrogens with zero attached hydrogens (tertiary/aromatic N) is 1. The van der Waals surface area contributed by atoms with Gasteiger partial charge < -0.3 is 24.8 Å². The average molecular weight is 477 g/mol. The molecule has 1 saturated carbocycles. The fourth-order valence-corrected chi connectivity index (χ4v) is 2.89. The van der Waals surface area contributed by atoms with Crippen LogP contribution in [0, 0.1) is 0 Å². The lowest BCUT2D eigenvalue weighted by Crippen LogP contribution is -2.38. The summed E-state index contributed by atoms with van der Waals surface area (Å²) in [6, 6.07) is 5.98. The SMILES string of the molecule is CCOCCNC(=NC)NCc1ccc(OC)cc1OC1CCCC1.I. The first kappa shape index (κ1) is 22.8. The molecule has 1 aliphatic carbocycles. The first-order chi connectivity index (χ1) is 12.3. The molecule has 2 rings (SSSR count). The normalized spacial score (nSPS) is 14.7. The van der Waals surface area contributed by atoms with Gasteiger partial charge in [0, 0.05) is 38.4 Å². The lowest BCUT2D eigenvalue weighted by atomic mass is 10.2. The van der Waals surface area contributed by atoms with Crippen molar-refractivity contribution in [3.05, 3.63) is 23.8 Å². The Hall–Kier alpha value is -1.22. The number of halogens is 1. The van der Waals surface area contributed by atoms with E-state index in [9.17, 15) is 0 Å². The third-order valence-electron chi connectivity index (χ3n) is 4.28. The number of nitrogens with one attached hydrogen (secondary N) is 2. The molecule has 1 fully saturated rings. The van der Waals surface area contributed by atoms with Crippen LogP contribution in [0.5, 0.6) is 11.5 Å². The van der Waals surface area contributed by atoms with Crippen molar-refractivity contribution in [2.75, 3.05) is 33.9 Å². The highest BCUT2D eigenvalue weighted by Crippen LogP contribution is 2.29. The zero-order valence-electron chi connectivity index (χ0n) is 16.0. The molecule has 0 aromatic heterocycles. The lowest BCUT2D eigenvalue weighted by molar-refractivity contribution is 0.152. The van der Waals surface area contributed by atoms with E-state index in [4.69, 9.17) is 14.2 Å². The van der Waals surface area contributed by atoms with Crippen LogP contribution in [0.3, 0.4) is 0 Å².